The first-order valence-corrected chi connectivity index (χ1v) is 8.25. The summed E-state index contributed by atoms with van der Waals surface area (Å²) in [4.78, 5) is 14.5. The smallest absolute Gasteiger partial charge is 0.238 e. The molecular weight excluding hydrogens is 260 g/mol. The number of carbonyl (C=O) groups excluding carboxylic acids is 1. The molecule has 114 valence electrons. The van der Waals surface area contributed by atoms with Gasteiger partial charge in [0.15, 0.2) is 0 Å². The Morgan fingerprint density at radius 2 is 1.90 bits per heavy atom. The van der Waals surface area contributed by atoms with Gasteiger partial charge < -0.3 is 4.90 Å². The second kappa shape index (κ2) is 5.80. The quantitative estimate of drug-likeness (QED) is 0.926. The lowest BCUT2D eigenvalue weighted by Crippen LogP contribution is -2.41. The number of nitrogens with one attached hydrogen (secondary N) is 1. The molecule has 4 unspecified atom stereocenters. The van der Waals surface area contributed by atoms with Crippen LogP contribution in [0.5, 0.6) is 0 Å². The highest BCUT2D eigenvalue weighted by molar-refractivity contribution is 5.81. The van der Waals surface area contributed by atoms with Gasteiger partial charge in [0, 0.05) is 6.04 Å². The summed E-state index contributed by atoms with van der Waals surface area (Å²) in [6.07, 6.45) is 3.48. The lowest BCUT2D eigenvalue weighted by molar-refractivity contribution is -0.131. The van der Waals surface area contributed by atoms with Crippen LogP contribution in [0.4, 0.5) is 0 Å². The van der Waals surface area contributed by atoms with Crippen molar-refractivity contribution in [2.45, 2.75) is 52.2 Å². The van der Waals surface area contributed by atoms with Gasteiger partial charge in [-0.2, -0.15) is 0 Å². The van der Waals surface area contributed by atoms with E-state index in [1.54, 1.807) is 0 Å². The van der Waals surface area contributed by atoms with Crippen LogP contribution < -0.4 is 5.32 Å². The molecule has 1 amide bonds. The zero-order chi connectivity index (χ0) is 15.0. The van der Waals surface area contributed by atoms with E-state index in [2.05, 4.69) is 55.3 Å². The van der Waals surface area contributed by atoms with Crippen LogP contribution in [0.3, 0.4) is 0 Å². The number of hydrogen-bond acceptors (Lipinski definition) is 2. The van der Waals surface area contributed by atoms with Crippen LogP contribution in [-0.4, -0.2) is 23.4 Å². The van der Waals surface area contributed by atoms with Crippen molar-refractivity contribution >= 4 is 5.91 Å². The number of aryl methyl sites for hydroxylation is 1. The fraction of sp³-hybridized carbons (Fsp3) is 0.611. The number of amides is 1. The standard InChI is InChI=1S/C18H26N2O/c1-4-14-6-8-15(9-7-14)18-19-11-17(21)20(18)16-10-5-12(2)13(16)3/h6-9,12-13,16,18-19H,4-5,10-11H2,1-3H3. The van der Waals surface area contributed by atoms with Gasteiger partial charge >= 0.3 is 0 Å². The summed E-state index contributed by atoms with van der Waals surface area (Å²) in [7, 11) is 0. The molecule has 1 aliphatic heterocycles. The molecule has 1 saturated heterocycles. The van der Waals surface area contributed by atoms with E-state index in [4.69, 9.17) is 0 Å². The maximum absolute atomic E-state index is 12.4. The molecule has 1 aromatic carbocycles. The van der Waals surface area contributed by atoms with Crippen molar-refractivity contribution in [2.75, 3.05) is 6.54 Å². The van der Waals surface area contributed by atoms with Gasteiger partial charge in [-0.25, -0.2) is 0 Å². The second-order valence-corrected chi connectivity index (χ2v) is 6.66. The van der Waals surface area contributed by atoms with Gasteiger partial charge in [0.2, 0.25) is 5.91 Å². The van der Waals surface area contributed by atoms with Gasteiger partial charge in [0.05, 0.1) is 6.54 Å². The lowest BCUT2D eigenvalue weighted by atomic mass is 9.96. The van der Waals surface area contributed by atoms with E-state index in [0.717, 1.165) is 12.8 Å². The third-order valence-corrected chi connectivity index (χ3v) is 5.50. The van der Waals surface area contributed by atoms with Crippen LogP contribution in [0.2, 0.25) is 0 Å². The summed E-state index contributed by atoms with van der Waals surface area (Å²) in [5.74, 6) is 1.56. The highest BCUT2D eigenvalue weighted by Crippen LogP contribution is 2.39. The molecule has 0 bridgehead atoms. The third-order valence-electron chi connectivity index (χ3n) is 5.50. The topological polar surface area (TPSA) is 32.3 Å². The first-order valence-electron chi connectivity index (χ1n) is 8.25. The molecule has 1 saturated carbocycles. The molecule has 2 aliphatic rings. The van der Waals surface area contributed by atoms with Gasteiger partial charge in [-0.3, -0.25) is 10.1 Å². The zero-order valence-electron chi connectivity index (χ0n) is 13.3. The molecule has 21 heavy (non-hydrogen) atoms. The van der Waals surface area contributed by atoms with Crippen LogP contribution in [-0.2, 0) is 11.2 Å². The number of benzene rings is 1. The maximum atomic E-state index is 12.4. The molecule has 3 rings (SSSR count). The van der Waals surface area contributed by atoms with Crippen LogP contribution in [0.25, 0.3) is 0 Å². The Bertz CT molecular complexity index is 510. The molecular formula is C18H26N2O. The first kappa shape index (κ1) is 14.6. The predicted octanol–water partition coefficient (Wildman–Crippen LogP) is 3.11. The maximum Gasteiger partial charge on any atom is 0.238 e. The Hall–Kier alpha value is -1.35. The monoisotopic (exact) mass is 286 g/mol. The minimum Gasteiger partial charge on any atom is -0.319 e. The van der Waals surface area contributed by atoms with Crippen molar-refractivity contribution in [3.8, 4) is 0 Å². The number of nitrogens with zero attached hydrogens (tertiary/aromatic N) is 1. The Kier molecular flexibility index (Phi) is 4.03. The van der Waals surface area contributed by atoms with Crippen molar-refractivity contribution in [1.29, 1.82) is 0 Å². The predicted molar refractivity (Wildman–Crippen MR) is 84.8 cm³/mol. The zero-order valence-corrected chi connectivity index (χ0v) is 13.3. The lowest BCUT2D eigenvalue weighted by Gasteiger charge is -2.34. The van der Waals surface area contributed by atoms with Crippen LogP contribution in [0, 0.1) is 11.8 Å². The van der Waals surface area contributed by atoms with Gasteiger partial charge in [-0.05, 0) is 42.2 Å². The molecule has 1 N–H and O–H groups in total. The molecule has 1 aliphatic carbocycles. The van der Waals surface area contributed by atoms with E-state index < -0.39 is 0 Å². The van der Waals surface area contributed by atoms with Gasteiger partial charge in [0.1, 0.15) is 6.17 Å². The molecule has 2 fully saturated rings. The SMILES string of the molecule is CCc1ccc(C2NCC(=O)N2C2CCC(C)C2C)cc1. The molecule has 0 aromatic heterocycles. The first-order chi connectivity index (χ1) is 10.1. The van der Waals surface area contributed by atoms with Crippen LogP contribution >= 0.6 is 0 Å². The van der Waals surface area contributed by atoms with Crippen molar-refractivity contribution in [3.63, 3.8) is 0 Å². The van der Waals surface area contributed by atoms with E-state index in [1.807, 2.05) is 0 Å². The van der Waals surface area contributed by atoms with E-state index in [9.17, 15) is 4.79 Å². The Balaban J connectivity index is 1.85. The number of rotatable bonds is 3. The summed E-state index contributed by atoms with van der Waals surface area (Å²) >= 11 is 0. The van der Waals surface area contributed by atoms with E-state index in [0.29, 0.717) is 24.4 Å². The average Bonchev–Trinajstić information content (AvgIpc) is 3.03. The summed E-state index contributed by atoms with van der Waals surface area (Å²) in [6.45, 7) is 7.24. The molecule has 4 atom stereocenters. The summed E-state index contributed by atoms with van der Waals surface area (Å²) < 4.78 is 0. The second-order valence-electron chi connectivity index (χ2n) is 6.66. The van der Waals surface area contributed by atoms with Crippen molar-refractivity contribution in [3.05, 3.63) is 35.4 Å². The van der Waals surface area contributed by atoms with Gasteiger partial charge in [-0.1, -0.05) is 45.0 Å². The summed E-state index contributed by atoms with van der Waals surface area (Å²) in [5.41, 5.74) is 2.56. The summed E-state index contributed by atoms with van der Waals surface area (Å²) in [5, 5.41) is 3.40. The Labute approximate surface area is 127 Å². The molecule has 0 radical (unpaired) electrons. The van der Waals surface area contributed by atoms with Crippen LogP contribution in [0.1, 0.15) is 50.9 Å². The minimum atomic E-state index is 0.0566. The fourth-order valence-corrected chi connectivity index (χ4v) is 3.84. The fourth-order valence-electron chi connectivity index (χ4n) is 3.84. The van der Waals surface area contributed by atoms with Crippen molar-refractivity contribution in [2.24, 2.45) is 11.8 Å². The van der Waals surface area contributed by atoms with Crippen molar-refractivity contribution in [1.82, 2.24) is 10.2 Å². The third kappa shape index (κ3) is 2.59. The normalized spacial score (nSPS) is 32.9. The Morgan fingerprint density at radius 3 is 2.48 bits per heavy atom. The largest absolute Gasteiger partial charge is 0.319 e. The summed E-state index contributed by atoms with van der Waals surface area (Å²) in [6, 6.07) is 9.09. The number of carbonyl (C=O) groups is 1. The minimum absolute atomic E-state index is 0.0566. The molecule has 0 spiro atoms. The Morgan fingerprint density at radius 1 is 1.19 bits per heavy atom. The average molecular weight is 286 g/mol. The number of hydrogen-bond donors (Lipinski definition) is 1. The van der Waals surface area contributed by atoms with Crippen molar-refractivity contribution < 1.29 is 4.79 Å². The van der Waals surface area contributed by atoms with E-state index in [-0.39, 0.29) is 12.1 Å². The van der Waals surface area contributed by atoms with Gasteiger partial charge in [0.25, 0.3) is 0 Å². The van der Waals surface area contributed by atoms with E-state index >= 15 is 0 Å². The highest BCUT2D eigenvalue weighted by Gasteiger charge is 2.42. The molecule has 3 nitrogen and oxygen atoms in total. The molecule has 1 heterocycles. The van der Waals surface area contributed by atoms with Crippen LogP contribution in [0.15, 0.2) is 24.3 Å². The molecule has 1 aromatic rings. The van der Waals surface area contributed by atoms with E-state index in [1.165, 1.54) is 17.5 Å². The highest BCUT2D eigenvalue weighted by atomic mass is 16.2. The molecule has 3 heteroatoms. The van der Waals surface area contributed by atoms with Gasteiger partial charge in [-0.15, -0.1) is 0 Å².